The Kier molecular flexibility index (Phi) is 8.82. The second kappa shape index (κ2) is 12.4. The summed E-state index contributed by atoms with van der Waals surface area (Å²) in [5, 5.41) is 17.6. The Bertz CT molecular complexity index is 1310. The molecule has 2 amide bonds. The summed E-state index contributed by atoms with van der Waals surface area (Å²) in [7, 11) is 3.85. The Balaban J connectivity index is 1.76. The van der Waals surface area contributed by atoms with Gasteiger partial charge < -0.3 is 10.2 Å². The zero-order valence-corrected chi connectivity index (χ0v) is 19.8. The highest BCUT2D eigenvalue weighted by molar-refractivity contribution is 6.05. The van der Waals surface area contributed by atoms with E-state index < -0.39 is 16.7 Å². The van der Waals surface area contributed by atoms with Crippen molar-refractivity contribution < 1.29 is 14.5 Å². The molecule has 0 atom stereocenters. The Labute approximate surface area is 208 Å². The van der Waals surface area contributed by atoms with Crippen LogP contribution in [0.1, 0.15) is 21.5 Å². The van der Waals surface area contributed by atoms with E-state index in [-0.39, 0.29) is 11.4 Å². The molecule has 0 aliphatic heterocycles. The van der Waals surface area contributed by atoms with Crippen LogP contribution in [-0.2, 0) is 4.79 Å². The van der Waals surface area contributed by atoms with Crippen LogP contribution < -0.4 is 15.6 Å². The summed E-state index contributed by atoms with van der Waals surface area (Å²) in [4.78, 5) is 38.1. The largest absolute Gasteiger partial charge is 0.378 e. The molecule has 36 heavy (non-hydrogen) atoms. The van der Waals surface area contributed by atoms with Gasteiger partial charge in [0.25, 0.3) is 17.5 Å². The predicted octanol–water partition coefficient (Wildman–Crippen LogP) is 4.25. The molecule has 9 nitrogen and oxygen atoms in total. The van der Waals surface area contributed by atoms with Gasteiger partial charge in [-0.2, -0.15) is 5.10 Å². The van der Waals surface area contributed by atoms with Crippen LogP contribution in [0.15, 0.2) is 95.7 Å². The third-order valence-corrected chi connectivity index (χ3v) is 4.99. The molecule has 2 N–H and O–H groups in total. The van der Waals surface area contributed by atoms with Gasteiger partial charge in [-0.1, -0.05) is 42.5 Å². The summed E-state index contributed by atoms with van der Waals surface area (Å²) >= 11 is 0. The summed E-state index contributed by atoms with van der Waals surface area (Å²) in [6.45, 7) is 0. The molecular formula is C27H25N5O4. The first-order valence-corrected chi connectivity index (χ1v) is 10.9. The molecule has 0 saturated carbocycles. The predicted molar refractivity (Wildman–Crippen MR) is 141 cm³/mol. The molecule has 0 radical (unpaired) electrons. The van der Waals surface area contributed by atoms with E-state index in [1.165, 1.54) is 24.4 Å². The summed E-state index contributed by atoms with van der Waals surface area (Å²) in [6, 6.07) is 22.2. The fourth-order valence-electron chi connectivity index (χ4n) is 3.12. The lowest BCUT2D eigenvalue weighted by molar-refractivity contribution is -0.385. The number of amides is 2. The first kappa shape index (κ1) is 25.6. The molecule has 0 aromatic heterocycles. The minimum absolute atomic E-state index is 0.00119. The van der Waals surface area contributed by atoms with Gasteiger partial charge in [-0.3, -0.25) is 19.7 Å². The van der Waals surface area contributed by atoms with E-state index in [2.05, 4.69) is 15.8 Å². The molecule has 3 aromatic rings. The molecule has 3 rings (SSSR count). The molecule has 9 heteroatoms. The first-order valence-electron chi connectivity index (χ1n) is 10.9. The number of hydrogen-bond donors (Lipinski definition) is 2. The van der Waals surface area contributed by atoms with Crippen LogP contribution in [0, 0.1) is 10.1 Å². The van der Waals surface area contributed by atoms with Gasteiger partial charge in [-0.25, -0.2) is 5.43 Å². The lowest BCUT2D eigenvalue weighted by Crippen LogP contribution is -2.32. The number of nitrogens with one attached hydrogen (secondary N) is 2. The lowest BCUT2D eigenvalue weighted by atomic mass is 10.1. The minimum atomic E-state index is -0.633. The van der Waals surface area contributed by atoms with Gasteiger partial charge in [-0.15, -0.1) is 0 Å². The SMILES string of the molecule is CN(C)c1ccc(/C=C(/NC(=O)c2ccccc2)C(=O)N/N=C/C=C/c2ccccc2[N+](=O)[O-])cc1. The van der Waals surface area contributed by atoms with E-state index in [9.17, 15) is 19.7 Å². The third kappa shape index (κ3) is 7.22. The van der Waals surface area contributed by atoms with E-state index in [1.807, 2.05) is 43.3 Å². The number of nitro groups is 1. The van der Waals surface area contributed by atoms with Crippen molar-refractivity contribution in [3.8, 4) is 0 Å². The topological polar surface area (TPSA) is 117 Å². The maximum atomic E-state index is 12.8. The number of carbonyl (C=O) groups is 2. The number of hydrogen-bond acceptors (Lipinski definition) is 6. The van der Waals surface area contributed by atoms with Crippen molar-refractivity contribution in [1.82, 2.24) is 10.7 Å². The van der Waals surface area contributed by atoms with Gasteiger partial charge in [0.05, 0.1) is 10.5 Å². The van der Waals surface area contributed by atoms with Crippen LogP contribution in [0.4, 0.5) is 11.4 Å². The number of para-hydroxylation sites is 1. The highest BCUT2D eigenvalue weighted by Crippen LogP contribution is 2.18. The smallest absolute Gasteiger partial charge is 0.287 e. The normalized spacial score (nSPS) is 11.4. The monoisotopic (exact) mass is 483 g/mol. The number of rotatable bonds is 9. The summed E-state index contributed by atoms with van der Waals surface area (Å²) < 4.78 is 0. The zero-order valence-electron chi connectivity index (χ0n) is 19.8. The van der Waals surface area contributed by atoms with Crippen molar-refractivity contribution in [2.24, 2.45) is 5.10 Å². The highest BCUT2D eigenvalue weighted by Gasteiger charge is 2.14. The van der Waals surface area contributed by atoms with Crippen LogP contribution in [0.2, 0.25) is 0 Å². The minimum Gasteiger partial charge on any atom is -0.378 e. The number of nitro benzene ring substituents is 1. The fraction of sp³-hybridized carbons (Fsp3) is 0.0741. The molecule has 0 fully saturated rings. The van der Waals surface area contributed by atoms with Gasteiger partial charge in [0.2, 0.25) is 0 Å². The summed E-state index contributed by atoms with van der Waals surface area (Å²) in [5.41, 5.74) is 4.82. The average Bonchev–Trinajstić information content (AvgIpc) is 2.89. The fourth-order valence-corrected chi connectivity index (χ4v) is 3.12. The van der Waals surface area contributed by atoms with Crippen LogP contribution in [-0.4, -0.2) is 37.0 Å². The molecule has 0 spiro atoms. The molecular weight excluding hydrogens is 458 g/mol. The quantitative estimate of drug-likeness (QED) is 0.204. The van der Waals surface area contributed by atoms with Gasteiger partial charge in [0, 0.05) is 37.6 Å². The number of anilines is 1. The molecule has 0 aliphatic carbocycles. The molecule has 182 valence electrons. The molecule has 0 heterocycles. The maximum absolute atomic E-state index is 12.8. The van der Waals surface area contributed by atoms with Gasteiger partial charge in [-0.05, 0) is 54.1 Å². The van der Waals surface area contributed by atoms with Crippen molar-refractivity contribution in [3.05, 3.63) is 117 Å². The maximum Gasteiger partial charge on any atom is 0.287 e. The van der Waals surface area contributed by atoms with Gasteiger partial charge in [0.15, 0.2) is 0 Å². The van der Waals surface area contributed by atoms with Crippen molar-refractivity contribution >= 4 is 41.6 Å². The van der Waals surface area contributed by atoms with Crippen LogP contribution in [0.25, 0.3) is 12.2 Å². The summed E-state index contributed by atoms with van der Waals surface area (Å²) in [5.74, 6) is -1.08. The standard InChI is InChI=1S/C27H25N5O4/c1-31(2)23-16-14-20(15-17-23)19-24(29-26(33)22-10-4-3-5-11-22)27(34)30-28-18-8-12-21-9-6-7-13-25(21)32(35)36/h3-19H,1-2H3,(H,29,33)(H,30,34)/b12-8+,24-19+,28-18+. The van der Waals surface area contributed by atoms with Crippen molar-refractivity contribution in [1.29, 1.82) is 0 Å². The second-order valence-electron chi connectivity index (χ2n) is 7.76. The van der Waals surface area contributed by atoms with Crippen molar-refractivity contribution in [2.45, 2.75) is 0 Å². The lowest BCUT2D eigenvalue weighted by Gasteiger charge is -2.12. The van der Waals surface area contributed by atoms with Crippen LogP contribution in [0.3, 0.4) is 0 Å². The van der Waals surface area contributed by atoms with Crippen molar-refractivity contribution in [2.75, 3.05) is 19.0 Å². The number of benzene rings is 3. The zero-order chi connectivity index (χ0) is 25.9. The van der Waals surface area contributed by atoms with Gasteiger partial charge >= 0.3 is 0 Å². The van der Waals surface area contributed by atoms with E-state index in [1.54, 1.807) is 54.6 Å². The Morgan fingerprint density at radius 1 is 0.944 bits per heavy atom. The van der Waals surface area contributed by atoms with Gasteiger partial charge in [0.1, 0.15) is 5.70 Å². The summed E-state index contributed by atoms with van der Waals surface area (Å²) in [6.07, 6.45) is 5.81. The van der Waals surface area contributed by atoms with E-state index in [0.29, 0.717) is 16.7 Å². The van der Waals surface area contributed by atoms with E-state index in [4.69, 9.17) is 0 Å². The van der Waals surface area contributed by atoms with E-state index in [0.717, 1.165) is 5.69 Å². The van der Waals surface area contributed by atoms with E-state index >= 15 is 0 Å². The number of hydrazone groups is 1. The number of nitrogens with zero attached hydrogens (tertiary/aromatic N) is 3. The molecule has 3 aromatic carbocycles. The highest BCUT2D eigenvalue weighted by atomic mass is 16.6. The van der Waals surface area contributed by atoms with Crippen LogP contribution >= 0.6 is 0 Å². The Morgan fingerprint density at radius 2 is 1.61 bits per heavy atom. The average molecular weight is 484 g/mol. The van der Waals surface area contributed by atoms with Crippen LogP contribution in [0.5, 0.6) is 0 Å². The number of allylic oxidation sites excluding steroid dienone is 1. The first-order chi connectivity index (χ1) is 17.3. The van der Waals surface area contributed by atoms with Crippen molar-refractivity contribution in [3.63, 3.8) is 0 Å². The Morgan fingerprint density at radius 3 is 2.28 bits per heavy atom. The molecule has 0 bridgehead atoms. The Hall–Kier alpha value is -5.05. The molecule has 0 saturated heterocycles. The molecule has 0 unspecified atom stereocenters. The molecule has 0 aliphatic rings. The second-order valence-corrected chi connectivity index (χ2v) is 7.76. The number of carbonyl (C=O) groups excluding carboxylic acids is 2. The third-order valence-electron chi connectivity index (χ3n) is 4.99.